The monoisotopic (exact) mass is 569 g/mol. The number of aliphatic hydroxyl groups excluding tert-OH is 1. The van der Waals surface area contributed by atoms with Gasteiger partial charge >= 0.3 is 13.7 Å². The minimum absolute atomic E-state index is 0.0223. The number of carbonyl (C=O) groups is 1. The van der Waals surface area contributed by atoms with E-state index in [0.29, 0.717) is 0 Å². The number of aromatic nitrogens is 2. The van der Waals surface area contributed by atoms with Crippen molar-refractivity contribution in [3.05, 3.63) is 57.7 Å². The van der Waals surface area contributed by atoms with E-state index < -0.39 is 56.0 Å². The Morgan fingerprint density at radius 1 is 1.32 bits per heavy atom. The summed E-state index contributed by atoms with van der Waals surface area (Å²) in [6.45, 7) is 2.35. The summed E-state index contributed by atoms with van der Waals surface area (Å²) in [6.07, 6.45) is 0.846. The maximum absolute atomic E-state index is 13.8. The van der Waals surface area contributed by atoms with Gasteiger partial charge in [0.15, 0.2) is 11.0 Å². The van der Waals surface area contributed by atoms with Crippen molar-refractivity contribution in [2.24, 2.45) is 0 Å². The Balaban J connectivity index is 1.49. The number of ether oxygens (including phenoxy) is 2. The zero-order chi connectivity index (χ0) is 27.5. The van der Waals surface area contributed by atoms with Crippen molar-refractivity contribution in [3.63, 3.8) is 0 Å². The maximum atomic E-state index is 13.8. The third-order valence-electron chi connectivity index (χ3n) is 6.53. The first-order valence-electron chi connectivity index (χ1n) is 12.3. The van der Waals surface area contributed by atoms with E-state index >= 15 is 0 Å². The predicted molar refractivity (Wildman–Crippen MR) is 138 cm³/mol. The summed E-state index contributed by atoms with van der Waals surface area (Å²) in [5.74, 6) is -0.373. The highest BCUT2D eigenvalue weighted by molar-refractivity contribution is 7.71. The second kappa shape index (κ2) is 11.8. The van der Waals surface area contributed by atoms with Crippen LogP contribution in [0.25, 0.3) is 0 Å². The van der Waals surface area contributed by atoms with E-state index in [1.54, 1.807) is 30.3 Å². The highest BCUT2D eigenvalue weighted by Gasteiger charge is 2.54. The van der Waals surface area contributed by atoms with Crippen LogP contribution in [0.15, 0.2) is 47.4 Å². The molecule has 1 saturated carbocycles. The van der Waals surface area contributed by atoms with Crippen molar-refractivity contribution in [1.82, 2.24) is 14.6 Å². The number of hydrogen-bond acceptors (Lipinski definition) is 10. The summed E-state index contributed by atoms with van der Waals surface area (Å²) < 4.78 is 37.7. The van der Waals surface area contributed by atoms with Crippen LogP contribution in [0.3, 0.4) is 0 Å². The van der Waals surface area contributed by atoms with E-state index in [-0.39, 0.29) is 16.6 Å². The molecule has 4 N–H and O–H groups in total. The molecule has 0 bridgehead atoms. The largest absolute Gasteiger partial charge is 0.461 e. The highest BCUT2D eigenvalue weighted by Crippen LogP contribution is 2.47. The molecule has 12 nitrogen and oxygen atoms in total. The van der Waals surface area contributed by atoms with Crippen LogP contribution in [-0.2, 0) is 23.4 Å². The van der Waals surface area contributed by atoms with E-state index in [9.17, 15) is 24.4 Å². The molecule has 1 saturated heterocycles. The molecule has 1 aromatic heterocycles. The Morgan fingerprint density at radius 2 is 2.00 bits per heavy atom. The molecule has 14 heteroatoms. The van der Waals surface area contributed by atoms with Gasteiger partial charge in [0.25, 0.3) is 5.56 Å². The van der Waals surface area contributed by atoms with Gasteiger partial charge < -0.3 is 24.2 Å². The minimum Gasteiger partial charge on any atom is -0.461 e. The summed E-state index contributed by atoms with van der Waals surface area (Å²) in [5.41, 5.74) is -2.28. The molecule has 1 unspecified atom stereocenters. The van der Waals surface area contributed by atoms with Crippen LogP contribution < -0.4 is 15.2 Å². The Hall–Kier alpha value is -2.38. The Labute approximate surface area is 224 Å². The van der Waals surface area contributed by atoms with Crippen LogP contribution in [-0.4, -0.2) is 62.3 Å². The van der Waals surface area contributed by atoms with Gasteiger partial charge in [-0.2, -0.15) is 5.09 Å². The van der Waals surface area contributed by atoms with E-state index in [2.05, 4.69) is 10.1 Å². The normalized spacial score (nSPS) is 28.1. The number of hydrogen-bond donors (Lipinski definition) is 4. The maximum Gasteiger partial charge on any atom is 0.459 e. The molecule has 4 rings (SSSR count). The van der Waals surface area contributed by atoms with Gasteiger partial charge in [-0.1, -0.05) is 18.2 Å². The second-order valence-corrected chi connectivity index (χ2v) is 11.7. The first kappa shape index (κ1) is 28.6. The molecule has 1 aromatic carbocycles. The highest BCUT2D eigenvalue weighted by atomic mass is 32.1. The SMILES string of the molecule is C[C@H](N[P@](=O)(OC[C@H]1O[C@@H](n2ccc(=O)[nH]c2=S)[C@](C)(O)C1O)Oc1ccccc1)C(=O)OC1CCCC1. The fourth-order valence-corrected chi connectivity index (χ4v) is 6.19. The molecule has 1 aliphatic carbocycles. The number of esters is 1. The van der Waals surface area contributed by atoms with Gasteiger partial charge in [-0.05, 0) is 63.9 Å². The molecule has 0 radical (unpaired) electrons. The van der Waals surface area contributed by atoms with Crippen molar-refractivity contribution in [3.8, 4) is 5.75 Å². The van der Waals surface area contributed by atoms with E-state index in [4.69, 9.17) is 30.7 Å². The number of aromatic amines is 1. The molecule has 2 heterocycles. The Bertz CT molecular complexity index is 1280. The lowest BCUT2D eigenvalue weighted by atomic mass is 9.96. The lowest BCUT2D eigenvalue weighted by Crippen LogP contribution is -2.45. The van der Waals surface area contributed by atoms with Gasteiger partial charge in [-0.3, -0.25) is 23.7 Å². The fourth-order valence-electron chi connectivity index (χ4n) is 4.43. The molecular weight excluding hydrogens is 537 g/mol. The summed E-state index contributed by atoms with van der Waals surface area (Å²) in [4.78, 5) is 26.6. The van der Waals surface area contributed by atoms with Crippen LogP contribution >= 0.6 is 20.0 Å². The lowest BCUT2D eigenvalue weighted by Gasteiger charge is -2.28. The molecule has 6 atom stereocenters. The summed E-state index contributed by atoms with van der Waals surface area (Å²) in [5, 5.41) is 24.4. The van der Waals surface area contributed by atoms with Gasteiger partial charge in [0.05, 0.1) is 6.61 Å². The third-order valence-corrected chi connectivity index (χ3v) is 8.48. The number of aliphatic hydroxyl groups is 2. The first-order chi connectivity index (χ1) is 18.0. The van der Waals surface area contributed by atoms with Crippen LogP contribution in [0.4, 0.5) is 0 Å². The molecule has 2 aromatic rings. The van der Waals surface area contributed by atoms with Crippen molar-refractivity contribution in [2.75, 3.05) is 6.61 Å². The number of benzene rings is 1. The molecule has 0 spiro atoms. The van der Waals surface area contributed by atoms with Crippen LogP contribution in [0, 0.1) is 4.77 Å². The lowest BCUT2D eigenvalue weighted by molar-refractivity contribution is -0.150. The summed E-state index contributed by atoms with van der Waals surface area (Å²) in [7, 11) is -4.22. The van der Waals surface area contributed by atoms with Gasteiger partial charge in [-0.15, -0.1) is 0 Å². The van der Waals surface area contributed by atoms with Crippen LogP contribution in [0.1, 0.15) is 45.8 Å². The summed E-state index contributed by atoms with van der Waals surface area (Å²) in [6, 6.07) is 8.41. The number of nitrogens with one attached hydrogen (secondary N) is 2. The van der Waals surface area contributed by atoms with Gasteiger partial charge in [0.2, 0.25) is 0 Å². The van der Waals surface area contributed by atoms with Gasteiger partial charge in [0.1, 0.15) is 35.7 Å². The molecule has 1 aliphatic heterocycles. The van der Waals surface area contributed by atoms with Crippen molar-refractivity contribution in [1.29, 1.82) is 0 Å². The van der Waals surface area contributed by atoms with Crippen molar-refractivity contribution in [2.45, 2.75) is 75.7 Å². The second-order valence-electron chi connectivity index (χ2n) is 9.61. The Kier molecular flexibility index (Phi) is 8.88. The fraction of sp³-hybridized carbons (Fsp3) is 0.542. The third kappa shape index (κ3) is 6.60. The van der Waals surface area contributed by atoms with Crippen LogP contribution in [0.5, 0.6) is 5.75 Å². The van der Waals surface area contributed by atoms with Crippen molar-refractivity contribution < 1.29 is 38.1 Å². The standard InChI is InChI=1S/C24H32N3O9PS/c1-15(21(30)34-16-8-6-7-9-16)26-37(32,36-17-10-4-3-5-11-17)33-14-18-20(29)24(2,31)22(35-18)27-13-12-19(28)25-23(27)38/h3-5,10-13,15-16,18,20,22,29,31H,6-9,14H2,1-2H3,(H,26,32)(H,25,28,38)/t15-,18+,20?,22+,24+,37-/m0/s1. The molecule has 2 aliphatic rings. The number of rotatable bonds is 10. The zero-order valence-corrected chi connectivity index (χ0v) is 22.7. The topological polar surface area (TPSA) is 161 Å². The van der Waals surface area contributed by atoms with Crippen molar-refractivity contribution >= 4 is 25.9 Å². The summed E-state index contributed by atoms with van der Waals surface area (Å²) >= 11 is 5.16. The molecule has 38 heavy (non-hydrogen) atoms. The average Bonchev–Trinajstić information content (AvgIpc) is 3.45. The quantitative estimate of drug-likeness (QED) is 0.189. The minimum atomic E-state index is -4.22. The molecule has 0 amide bonds. The van der Waals surface area contributed by atoms with E-state index in [1.165, 1.54) is 30.7 Å². The van der Waals surface area contributed by atoms with Gasteiger partial charge in [0, 0.05) is 12.3 Å². The number of para-hydroxylation sites is 1. The molecule has 2 fully saturated rings. The van der Waals surface area contributed by atoms with Crippen LogP contribution in [0.2, 0.25) is 0 Å². The molecular formula is C24H32N3O9PS. The Morgan fingerprint density at radius 3 is 2.66 bits per heavy atom. The van der Waals surface area contributed by atoms with E-state index in [0.717, 1.165) is 25.7 Å². The molecule has 208 valence electrons. The predicted octanol–water partition coefficient (Wildman–Crippen LogP) is 2.58. The van der Waals surface area contributed by atoms with Gasteiger partial charge in [-0.25, -0.2) is 4.57 Å². The van der Waals surface area contributed by atoms with E-state index in [1.807, 2.05) is 0 Å². The zero-order valence-electron chi connectivity index (χ0n) is 21.0. The number of carbonyl (C=O) groups excluding carboxylic acids is 1. The average molecular weight is 570 g/mol. The first-order valence-corrected chi connectivity index (χ1v) is 14.3. The number of H-pyrrole nitrogens is 1. The smallest absolute Gasteiger partial charge is 0.459 e. The number of nitrogens with zero attached hydrogens (tertiary/aromatic N) is 1.